The van der Waals surface area contributed by atoms with Crippen LogP contribution in [-0.2, 0) is 21.0 Å². The first-order valence-corrected chi connectivity index (χ1v) is 12.2. The van der Waals surface area contributed by atoms with E-state index in [-0.39, 0.29) is 18.2 Å². The van der Waals surface area contributed by atoms with Gasteiger partial charge in [0.25, 0.3) is 0 Å². The van der Waals surface area contributed by atoms with Crippen LogP contribution in [0.25, 0.3) is 10.9 Å². The summed E-state index contributed by atoms with van der Waals surface area (Å²) in [4.78, 5) is 19.6. The Labute approximate surface area is 213 Å². The number of hydrogen-bond donors (Lipinski definition) is 1. The van der Waals surface area contributed by atoms with Gasteiger partial charge in [0.05, 0.1) is 31.1 Å². The Kier molecular flexibility index (Phi) is 8.09. The van der Waals surface area contributed by atoms with Gasteiger partial charge in [-0.15, -0.1) is 10.2 Å². The third-order valence-corrected chi connectivity index (χ3v) is 6.35. The van der Waals surface area contributed by atoms with Crippen LogP contribution in [0.3, 0.4) is 0 Å². The molecule has 1 saturated heterocycles. The SMILES string of the molecule is C/C(=N/OCC(=O)N=Nc1c(O)n(CN2CCOCC2)c2ccc(Br)cc12)c1ccc(Br)cc1. The number of oxime groups is 1. The van der Waals surface area contributed by atoms with Crippen molar-refractivity contribution in [3.8, 4) is 5.88 Å². The number of benzene rings is 2. The zero-order valence-electron chi connectivity index (χ0n) is 18.4. The molecular weight excluding hydrogens is 570 g/mol. The predicted molar refractivity (Wildman–Crippen MR) is 136 cm³/mol. The minimum absolute atomic E-state index is 0.0545. The van der Waals surface area contributed by atoms with Gasteiger partial charge in [-0.25, -0.2) is 0 Å². The smallest absolute Gasteiger partial charge is 0.304 e. The maximum absolute atomic E-state index is 12.2. The van der Waals surface area contributed by atoms with Crippen LogP contribution in [0.2, 0.25) is 0 Å². The molecule has 11 heteroatoms. The number of azo groups is 1. The number of carbonyl (C=O) groups excluding carboxylic acids is 1. The lowest BCUT2D eigenvalue weighted by atomic mass is 10.1. The van der Waals surface area contributed by atoms with Crippen LogP contribution in [0.1, 0.15) is 12.5 Å². The van der Waals surface area contributed by atoms with E-state index in [1.54, 1.807) is 11.5 Å². The van der Waals surface area contributed by atoms with Crippen molar-refractivity contribution in [2.24, 2.45) is 15.4 Å². The second-order valence-corrected chi connectivity index (χ2v) is 9.52. The molecule has 1 aliphatic rings. The lowest BCUT2D eigenvalue weighted by Gasteiger charge is -2.27. The molecule has 34 heavy (non-hydrogen) atoms. The van der Waals surface area contributed by atoms with Crippen molar-refractivity contribution in [2.45, 2.75) is 13.6 Å². The lowest BCUT2D eigenvalue weighted by Crippen LogP contribution is -2.37. The number of aromatic nitrogens is 1. The fourth-order valence-electron chi connectivity index (χ4n) is 3.54. The highest BCUT2D eigenvalue weighted by molar-refractivity contribution is 9.10. The number of morpholine rings is 1. The number of ether oxygens (including phenoxy) is 1. The predicted octanol–water partition coefficient (Wildman–Crippen LogP) is 5.21. The molecule has 0 saturated carbocycles. The van der Waals surface area contributed by atoms with Gasteiger partial charge in [0.15, 0.2) is 12.3 Å². The molecule has 2 aromatic carbocycles. The van der Waals surface area contributed by atoms with E-state index in [2.05, 4.69) is 52.1 Å². The molecule has 1 amide bonds. The third kappa shape index (κ3) is 5.90. The van der Waals surface area contributed by atoms with Gasteiger partial charge in [0.1, 0.15) is 0 Å². The van der Waals surface area contributed by atoms with Gasteiger partial charge in [0, 0.05) is 27.4 Å². The van der Waals surface area contributed by atoms with Crippen LogP contribution >= 0.6 is 31.9 Å². The summed E-state index contributed by atoms with van der Waals surface area (Å²) in [6.45, 7) is 4.73. The van der Waals surface area contributed by atoms with E-state index >= 15 is 0 Å². The highest BCUT2D eigenvalue weighted by atomic mass is 79.9. The Morgan fingerprint density at radius 3 is 2.56 bits per heavy atom. The number of amides is 1. The number of carbonyl (C=O) groups is 1. The molecule has 0 atom stereocenters. The number of rotatable bonds is 7. The second kappa shape index (κ2) is 11.2. The van der Waals surface area contributed by atoms with Crippen molar-refractivity contribution < 1.29 is 19.5 Å². The van der Waals surface area contributed by atoms with E-state index in [9.17, 15) is 9.90 Å². The standard InChI is InChI=1S/C23H23Br2N5O4/c1-15(16-2-4-17(24)5-3-16)28-34-13-21(31)26-27-22-19-12-18(25)6-7-20(19)30(23(22)32)14-29-8-10-33-11-9-29/h2-7,12,32H,8-11,13-14H2,1H3/b27-26?,28-15-. The zero-order chi connectivity index (χ0) is 24.1. The van der Waals surface area contributed by atoms with E-state index in [4.69, 9.17) is 9.57 Å². The number of hydrogen-bond acceptors (Lipinski definition) is 7. The summed E-state index contributed by atoms with van der Waals surface area (Å²) >= 11 is 6.84. The molecule has 1 fully saturated rings. The average molecular weight is 593 g/mol. The monoisotopic (exact) mass is 591 g/mol. The topological polar surface area (TPSA) is 101 Å². The molecule has 9 nitrogen and oxygen atoms in total. The second-order valence-electron chi connectivity index (χ2n) is 7.68. The van der Waals surface area contributed by atoms with Crippen molar-refractivity contribution in [1.82, 2.24) is 9.47 Å². The number of aromatic hydroxyl groups is 1. The van der Waals surface area contributed by atoms with Gasteiger partial charge in [-0.05, 0) is 42.8 Å². The van der Waals surface area contributed by atoms with Crippen LogP contribution < -0.4 is 0 Å². The van der Waals surface area contributed by atoms with E-state index in [0.29, 0.717) is 31.0 Å². The van der Waals surface area contributed by atoms with Gasteiger partial charge in [-0.3, -0.25) is 14.3 Å². The van der Waals surface area contributed by atoms with E-state index in [1.807, 2.05) is 42.5 Å². The van der Waals surface area contributed by atoms with Crippen molar-refractivity contribution in [3.05, 3.63) is 57.0 Å². The van der Waals surface area contributed by atoms with Gasteiger partial charge >= 0.3 is 5.91 Å². The molecule has 3 aromatic rings. The van der Waals surface area contributed by atoms with Crippen LogP contribution in [0.5, 0.6) is 5.88 Å². The molecule has 0 bridgehead atoms. The van der Waals surface area contributed by atoms with Gasteiger partial charge in [0.2, 0.25) is 5.88 Å². The Balaban J connectivity index is 1.48. The van der Waals surface area contributed by atoms with Crippen molar-refractivity contribution >= 4 is 60.1 Å². The normalized spacial score (nSPS) is 15.3. The summed E-state index contributed by atoms with van der Waals surface area (Å²) in [5.41, 5.74) is 2.53. The van der Waals surface area contributed by atoms with Gasteiger partial charge in [-0.1, -0.05) is 49.1 Å². The Bertz CT molecular complexity index is 1230. The molecule has 0 spiro atoms. The van der Waals surface area contributed by atoms with Crippen molar-refractivity contribution in [1.29, 1.82) is 0 Å². The summed E-state index contributed by atoms with van der Waals surface area (Å²) in [7, 11) is 0. The van der Waals surface area contributed by atoms with Crippen LogP contribution in [-0.4, -0.2) is 59.1 Å². The molecule has 0 radical (unpaired) electrons. The highest BCUT2D eigenvalue weighted by Gasteiger charge is 2.20. The molecule has 1 aliphatic heterocycles. The first kappa shape index (κ1) is 24.5. The Hall–Kier alpha value is -2.60. The molecule has 178 valence electrons. The molecular formula is C23H23Br2N5O4. The van der Waals surface area contributed by atoms with E-state index in [1.165, 1.54) is 0 Å². The van der Waals surface area contributed by atoms with Crippen molar-refractivity contribution in [2.75, 3.05) is 32.9 Å². The number of fused-ring (bicyclic) bond motifs is 1. The first-order chi connectivity index (χ1) is 16.4. The fraction of sp³-hybridized carbons (Fsp3) is 0.304. The lowest BCUT2D eigenvalue weighted by molar-refractivity contribution is -0.122. The average Bonchev–Trinajstić information content (AvgIpc) is 3.08. The summed E-state index contributed by atoms with van der Waals surface area (Å²) in [6.07, 6.45) is 0. The highest BCUT2D eigenvalue weighted by Crippen LogP contribution is 2.40. The number of nitrogens with zero attached hydrogens (tertiary/aromatic N) is 5. The van der Waals surface area contributed by atoms with E-state index < -0.39 is 5.91 Å². The summed E-state index contributed by atoms with van der Waals surface area (Å²) in [5, 5.41) is 23.4. The van der Waals surface area contributed by atoms with Crippen LogP contribution in [0.15, 0.2) is 66.8 Å². The Morgan fingerprint density at radius 2 is 1.82 bits per heavy atom. The van der Waals surface area contributed by atoms with Crippen LogP contribution in [0.4, 0.5) is 5.69 Å². The summed E-state index contributed by atoms with van der Waals surface area (Å²) < 4.78 is 8.95. The largest absolute Gasteiger partial charge is 0.493 e. The fourth-order valence-corrected chi connectivity index (χ4v) is 4.17. The van der Waals surface area contributed by atoms with Gasteiger partial charge in [-0.2, -0.15) is 0 Å². The minimum Gasteiger partial charge on any atom is -0.493 e. The minimum atomic E-state index is -0.615. The molecule has 4 rings (SSSR count). The first-order valence-electron chi connectivity index (χ1n) is 10.6. The molecule has 0 unspecified atom stereocenters. The quantitative estimate of drug-likeness (QED) is 0.230. The third-order valence-electron chi connectivity index (χ3n) is 5.33. The van der Waals surface area contributed by atoms with Gasteiger partial charge < -0.3 is 14.7 Å². The molecule has 2 heterocycles. The zero-order valence-corrected chi connectivity index (χ0v) is 21.6. The van der Waals surface area contributed by atoms with Crippen molar-refractivity contribution in [3.63, 3.8) is 0 Å². The summed E-state index contributed by atoms with van der Waals surface area (Å²) in [6, 6.07) is 13.2. The number of halogens is 2. The maximum Gasteiger partial charge on any atom is 0.304 e. The molecule has 0 aliphatic carbocycles. The van der Waals surface area contributed by atoms with Crippen LogP contribution in [0, 0.1) is 0 Å². The van der Waals surface area contributed by atoms with E-state index in [0.717, 1.165) is 33.1 Å². The molecule has 1 aromatic heterocycles. The molecule has 1 N–H and O–H groups in total. The maximum atomic E-state index is 12.2. The summed E-state index contributed by atoms with van der Waals surface area (Å²) in [5.74, 6) is -0.669. The Morgan fingerprint density at radius 1 is 1.12 bits per heavy atom.